The molecule has 20 heavy (non-hydrogen) atoms. The Morgan fingerprint density at radius 3 is 3.10 bits per heavy atom. The van der Waals surface area contributed by atoms with Gasteiger partial charge < -0.3 is 15.8 Å². The van der Waals surface area contributed by atoms with E-state index in [1.807, 2.05) is 0 Å². The molecular weight excluding hydrogens is 261 g/mol. The molecule has 0 radical (unpaired) electrons. The van der Waals surface area contributed by atoms with Crippen molar-refractivity contribution < 1.29 is 13.9 Å². The number of carbonyl (C=O) groups excluding carboxylic acids is 1. The van der Waals surface area contributed by atoms with E-state index in [1.54, 1.807) is 12.1 Å². The van der Waals surface area contributed by atoms with Gasteiger partial charge in [0.05, 0.1) is 7.11 Å². The van der Waals surface area contributed by atoms with E-state index in [2.05, 4.69) is 10.2 Å². The van der Waals surface area contributed by atoms with Crippen LogP contribution in [0.2, 0.25) is 0 Å². The molecule has 3 N–H and O–H groups in total. The zero-order chi connectivity index (χ0) is 14.5. The average molecular weight is 281 g/mol. The summed E-state index contributed by atoms with van der Waals surface area (Å²) in [6, 6.07) is 4.33. The standard InChI is InChI=1S/C14H20FN3O2/c1-20-13-6-2-5-12(15)11(13)9-18-7-3-4-10(8-18)17-14(16)19/h2,5-6,10H,3-4,7-9H2,1H3,(H3,16,17,19)/t10-/m1/s1. The molecule has 0 aromatic heterocycles. The molecular formula is C14H20FN3O2. The first kappa shape index (κ1) is 14.6. The molecule has 1 atom stereocenters. The van der Waals surface area contributed by atoms with Crippen molar-refractivity contribution in [3.05, 3.63) is 29.6 Å². The summed E-state index contributed by atoms with van der Waals surface area (Å²) in [5.41, 5.74) is 5.69. The summed E-state index contributed by atoms with van der Waals surface area (Å²) in [5.74, 6) is 0.282. The van der Waals surface area contributed by atoms with Gasteiger partial charge in [-0.15, -0.1) is 0 Å². The van der Waals surface area contributed by atoms with Gasteiger partial charge in [-0.1, -0.05) is 6.07 Å². The number of primary amides is 1. The van der Waals surface area contributed by atoms with Crippen LogP contribution in [0.4, 0.5) is 9.18 Å². The molecule has 0 bridgehead atoms. The first-order valence-corrected chi connectivity index (χ1v) is 6.70. The molecule has 1 aliphatic heterocycles. The molecule has 0 saturated carbocycles. The van der Waals surface area contributed by atoms with Crippen LogP contribution in [0.15, 0.2) is 18.2 Å². The van der Waals surface area contributed by atoms with Crippen LogP contribution in [0, 0.1) is 5.82 Å². The van der Waals surface area contributed by atoms with Crippen LogP contribution < -0.4 is 15.8 Å². The second kappa shape index (κ2) is 6.56. The van der Waals surface area contributed by atoms with Crippen molar-refractivity contribution in [2.75, 3.05) is 20.2 Å². The summed E-state index contributed by atoms with van der Waals surface area (Å²) in [6.45, 7) is 2.00. The number of amides is 2. The Hall–Kier alpha value is -1.82. The van der Waals surface area contributed by atoms with Crippen molar-refractivity contribution in [1.29, 1.82) is 0 Å². The third-order valence-corrected chi connectivity index (χ3v) is 3.53. The number of urea groups is 1. The number of halogens is 1. The number of piperidine rings is 1. The Bertz CT molecular complexity index is 481. The van der Waals surface area contributed by atoms with E-state index in [0.717, 1.165) is 19.4 Å². The molecule has 2 rings (SSSR count). The summed E-state index contributed by atoms with van der Waals surface area (Å²) in [6.07, 6.45) is 1.84. The number of benzene rings is 1. The van der Waals surface area contributed by atoms with Gasteiger partial charge in [0.1, 0.15) is 11.6 Å². The SMILES string of the molecule is COc1cccc(F)c1CN1CCC[C@@H](NC(N)=O)C1. The highest BCUT2D eigenvalue weighted by Gasteiger charge is 2.22. The molecule has 1 saturated heterocycles. The first-order chi connectivity index (χ1) is 9.60. The number of hydrogen-bond donors (Lipinski definition) is 2. The number of rotatable bonds is 4. The maximum absolute atomic E-state index is 13.9. The predicted octanol–water partition coefficient (Wildman–Crippen LogP) is 1.47. The highest BCUT2D eigenvalue weighted by atomic mass is 19.1. The minimum atomic E-state index is -0.514. The van der Waals surface area contributed by atoms with Crippen molar-refractivity contribution >= 4 is 6.03 Å². The van der Waals surface area contributed by atoms with E-state index >= 15 is 0 Å². The van der Waals surface area contributed by atoms with Crippen LogP contribution >= 0.6 is 0 Å². The molecule has 0 unspecified atom stereocenters. The maximum Gasteiger partial charge on any atom is 0.312 e. The minimum absolute atomic E-state index is 0.0269. The monoisotopic (exact) mass is 281 g/mol. The van der Waals surface area contributed by atoms with Crippen LogP contribution in [0.25, 0.3) is 0 Å². The van der Waals surface area contributed by atoms with Crippen molar-refractivity contribution in [2.45, 2.75) is 25.4 Å². The number of nitrogens with one attached hydrogen (secondary N) is 1. The van der Waals surface area contributed by atoms with Gasteiger partial charge >= 0.3 is 6.03 Å². The summed E-state index contributed by atoms with van der Waals surface area (Å²) >= 11 is 0. The van der Waals surface area contributed by atoms with Crippen molar-refractivity contribution in [2.24, 2.45) is 5.73 Å². The Morgan fingerprint density at radius 2 is 2.40 bits per heavy atom. The summed E-state index contributed by atoms with van der Waals surface area (Å²) in [5, 5.41) is 2.71. The number of ether oxygens (including phenoxy) is 1. The van der Waals surface area contributed by atoms with Crippen LogP contribution in [-0.4, -0.2) is 37.2 Å². The molecule has 0 spiro atoms. The number of methoxy groups -OCH3 is 1. The zero-order valence-corrected chi connectivity index (χ0v) is 11.6. The Kier molecular flexibility index (Phi) is 4.79. The van der Waals surface area contributed by atoms with E-state index < -0.39 is 6.03 Å². The largest absolute Gasteiger partial charge is 0.496 e. The predicted molar refractivity (Wildman–Crippen MR) is 74.0 cm³/mol. The molecule has 2 amide bonds. The fourth-order valence-electron chi connectivity index (χ4n) is 2.63. The first-order valence-electron chi connectivity index (χ1n) is 6.70. The van der Waals surface area contributed by atoms with Crippen molar-refractivity contribution in [1.82, 2.24) is 10.2 Å². The normalized spacial score (nSPS) is 19.6. The minimum Gasteiger partial charge on any atom is -0.496 e. The third kappa shape index (κ3) is 3.60. The quantitative estimate of drug-likeness (QED) is 0.878. The second-order valence-corrected chi connectivity index (χ2v) is 5.00. The van der Waals surface area contributed by atoms with E-state index in [-0.39, 0.29) is 11.9 Å². The average Bonchev–Trinajstić information content (AvgIpc) is 2.41. The lowest BCUT2D eigenvalue weighted by Crippen LogP contribution is -2.49. The molecule has 1 aromatic carbocycles. The van der Waals surface area contributed by atoms with Crippen molar-refractivity contribution in [3.8, 4) is 5.75 Å². The van der Waals surface area contributed by atoms with Gasteiger partial charge in [0.2, 0.25) is 0 Å². The third-order valence-electron chi connectivity index (χ3n) is 3.53. The van der Waals surface area contributed by atoms with Gasteiger partial charge in [-0.2, -0.15) is 0 Å². The molecule has 0 aliphatic carbocycles. The Labute approximate surface area is 117 Å². The maximum atomic E-state index is 13.9. The summed E-state index contributed by atoms with van der Waals surface area (Å²) in [4.78, 5) is 13.0. The van der Waals surface area contributed by atoms with Gasteiger partial charge in [0, 0.05) is 24.7 Å². The van der Waals surface area contributed by atoms with Gasteiger partial charge in [-0.25, -0.2) is 9.18 Å². The number of carbonyl (C=O) groups is 1. The fourth-order valence-corrected chi connectivity index (χ4v) is 2.63. The molecule has 6 heteroatoms. The van der Waals surface area contributed by atoms with Gasteiger partial charge in [-0.05, 0) is 31.5 Å². The summed E-state index contributed by atoms with van der Waals surface area (Å²) < 4.78 is 19.1. The lowest BCUT2D eigenvalue weighted by atomic mass is 10.0. The molecule has 1 aliphatic rings. The molecule has 5 nitrogen and oxygen atoms in total. The van der Waals surface area contributed by atoms with Gasteiger partial charge in [0.15, 0.2) is 0 Å². The topological polar surface area (TPSA) is 67.6 Å². The smallest absolute Gasteiger partial charge is 0.312 e. The number of hydrogen-bond acceptors (Lipinski definition) is 3. The zero-order valence-electron chi connectivity index (χ0n) is 11.6. The summed E-state index contributed by atoms with van der Waals surface area (Å²) in [7, 11) is 1.53. The molecule has 1 aromatic rings. The second-order valence-electron chi connectivity index (χ2n) is 5.00. The van der Waals surface area contributed by atoms with Crippen LogP contribution in [0.5, 0.6) is 5.75 Å². The lowest BCUT2D eigenvalue weighted by molar-refractivity contribution is 0.179. The van der Waals surface area contributed by atoms with E-state index in [9.17, 15) is 9.18 Å². The fraction of sp³-hybridized carbons (Fsp3) is 0.500. The molecule has 1 heterocycles. The Morgan fingerprint density at radius 1 is 1.60 bits per heavy atom. The van der Waals surface area contributed by atoms with Crippen molar-refractivity contribution in [3.63, 3.8) is 0 Å². The molecule has 110 valence electrons. The van der Waals surface area contributed by atoms with Gasteiger partial charge in [0.25, 0.3) is 0 Å². The Balaban J connectivity index is 2.04. The van der Waals surface area contributed by atoms with E-state index in [0.29, 0.717) is 24.4 Å². The van der Waals surface area contributed by atoms with E-state index in [1.165, 1.54) is 13.2 Å². The lowest BCUT2D eigenvalue weighted by Gasteiger charge is -2.33. The highest BCUT2D eigenvalue weighted by molar-refractivity contribution is 5.71. The highest BCUT2D eigenvalue weighted by Crippen LogP contribution is 2.24. The molecule has 1 fully saturated rings. The number of likely N-dealkylation sites (tertiary alicyclic amines) is 1. The van der Waals surface area contributed by atoms with Gasteiger partial charge in [-0.3, -0.25) is 4.90 Å². The number of nitrogens with two attached hydrogens (primary N) is 1. The van der Waals surface area contributed by atoms with Crippen LogP contribution in [0.1, 0.15) is 18.4 Å². The van der Waals surface area contributed by atoms with E-state index in [4.69, 9.17) is 10.5 Å². The van der Waals surface area contributed by atoms with Crippen LogP contribution in [0.3, 0.4) is 0 Å². The van der Waals surface area contributed by atoms with Crippen LogP contribution in [-0.2, 0) is 6.54 Å². The number of nitrogens with zero attached hydrogens (tertiary/aromatic N) is 1.